The number of ether oxygens (including phenoxy) is 1. The second-order valence-corrected chi connectivity index (χ2v) is 6.72. The fourth-order valence-electron chi connectivity index (χ4n) is 2.61. The Morgan fingerprint density at radius 1 is 1.44 bits per heavy atom. The lowest BCUT2D eigenvalue weighted by Crippen LogP contribution is -2.28. The summed E-state index contributed by atoms with van der Waals surface area (Å²) in [5.41, 5.74) is 0.752. The molecule has 0 radical (unpaired) electrons. The predicted octanol–water partition coefficient (Wildman–Crippen LogP) is 1.92. The number of hydrogen-bond donors (Lipinski definition) is 2. The van der Waals surface area contributed by atoms with Gasteiger partial charge in [-0.05, 0) is 30.0 Å². The molecule has 1 aromatic heterocycles. The fraction of sp³-hybridized carbons (Fsp3) is 0.375. The fourth-order valence-corrected chi connectivity index (χ4v) is 3.13. The number of thioether (sulfide) groups is 1. The second-order valence-electron chi connectivity index (χ2n) is 5.49. The Hall–Kier alpha value is -2.55. The lowest BCUT2D eigenvalue weighted by atomic mass is 10.1. The summed E-state index contributed by atoms with van der Waals surface area (Å²) >= 11 is 1.48. The van der Waals surface area contributed by atoms with E-state index >= 15 is 0 Å². The molecule has 1 saturated heterocycles. The quantitative estimate of drug-likeness (QED) is 0.763. The number of hydrogen-bond acceptors (Lipinski definition) is 6. The Kier molecular flexibility index (Phi) is 5.22. The van der Waals surface area contributed by atoms with Gasteiger partial charge in [0.1, 0.15) is 5.75 Å². The van der Waals surface area contributed by atoms with Crippen LogP contribution in [-0.2, 0) is 9.59 Å². The Labute approximate surface area is 149 Å². The highest BCUT2D eigenvalue weighted by molar-refractivity contribution is 7.99. The lowest BCUT2D eigenvalue weighted by Gasteiger charge is -2.16. The zero-order chi connectivity index (χ0) is 17.8. The van der Waals surface area contributed by atoms with E-state index in [4.69, 9.17) is 4.74 Å². The van der Waals surface area contributed by atoms with Gasteiger partial charge in [-0.15, -0.1) is 5.10 Å². The molecule has 1 aromatic carbocycles. The first-order chi connectivity index (χ1) is 12.1. The Morgan fingerprint density at radius 3 is 2.88 bits per heavy atom. The first-order valence-corrected chi connectivity index (χ1v) is 8.89. The van der Waals surface area contributed by atoms with Gasteiger partial charge in [-0.25, -0.2) is 5.10 Å². The summed E-state index contributed by atoms with van der Waals surface area (Å²) in [5.74, 6) is 1.12. The van der Waals surface area contributed by atoms with Crippen molar-refractivity contribution in [3.63, 3.8) is 0 Å². The largest absolute Gasteiger partial charge is 0.497 e. The number of benzene rings is 1. The van der Waals surface area contributed by atoms with E-state index in [0.29, 0.717) is 17.6 Å². The number of H-pyrrole nitrogens is 1. The second kappa shape index (κ2) is 7.56. The average molecular weight is 361 g/mol. The highest BCUT2D eigenvalue weighted by atomic mass is 32.2. The zero-order valence-electron chi connectivity index (χ0n) is 14.0. The monoisotopic (exact) mass is 361 g/mol. The number of methoxy groups -OCH3 is 1. The first-order valence-electron chi connectivity index (χ1n) is 7.91. The van der Waals surface area contributed by atoms with E-state index in [-0.39, 0.29) is 18.2 Å². The Bertz CT molecular complexity index is 761. The minimum absolute atomic E-state index is 0.0786. The van der Waals surface area contributed by atoms with Gasteiger partial charge >= 0.3 is 0 Å². The maximum Gasteiger partial charge on any atom is 0.232 e. The molecule has 2 amide bonds. The zero-order valence-corrected chi connectivity index (χ0v) is 14.8. The van der Waals surface area contributed by atoms with Crippen molar-refractivity contribution in [1.29, 1.82) is 0 Å². The van der Waals surface area contributed by atoms with Gasteiger partial charge in [-0.3, -0.25) is 14.9 Å². The number of aromatic nitrogens is 3. The maximum absolute atomic E-state index is 12.4. The van der Waals surface area contributed by atoms with Crippen molar-refractivity contribution in [2.45, 2.75) is 18.5 Å². The van der Waals surface area contributed by atoms with Crippen LogP contribution in [0.15, 0.2) is 29.4 Å². The molecule has 2 heterocycles. The number of nitrogens with one attached hydrogen (secondary N) is 2. The topological polar surface area (TPSA) is 100 Å². The molecule has 1 aliphatic heterocycles. The number of rotatable bonds is 6. The highest BCUT2D eigenvalue weighted by Gasteiger charge is 2.35. The number of aromatic amines is 1. The molecule has 0 bridgehead atoms. The van der Waals surface area contributed by atoms with E-state index in [0.717, 1.165) is 17.2 Å². The summed E-state index contributed by atoms with van der Waals surface area (Å²) in [6.45, 7) is 2.33. The van der Waals surface area contributed by atoms with Gasteiger partial charge in [0.15, 0.2) is 0 Å². The molecule has 2 aromatic rings. The maximum atomic E-state index is 12.4. The summed E-state index contributed by atoms with van der Waals surface area (Å²) in [6.07, 6.45) is 0.169. The summed E-state index contributed by atoms with van der Waals surface area (Å²) in [6, 6.07) is 7.19. The van der Waals surface area contributed by atoms with Crippen molar-refractivity contribution in [3.05, 3.63) is 24.3 Å². The van der Waals surface area contributed by atoms with Crippen LogP contribution in [0.5, 0.6) is 5.75 Å². The molecule has 1 atom stereocenters. The van der Waals surface area contributed by atoms with Crippen molar-refractivity contribution in [2.75, 3.05) is 29.6 Å². The summed E-state index contributed by atoms with van der Waals surface area (Å²) in [4.78, 5) is 30.5. The molecule has 132 valence electrons. The Balaban J connectivity index is 1.63. The van der Waals surface area contributed by atoms with E-state index in [9.17, 15) is 9.59 Å². The van der Waals surface area contributed by atoms with Crippen molar-refractivity contribution < 1.29 is 14.3 Å². The SMILES string of the molecule is CCSc1n[nH]c(NC(=O)C2CC(=O)N(c3ccc(OC)cc3)C2)n1. The van der Waals surface area contributed by atoms with Gasteiger partial charge in [-0.1, -0.05) is 18.7 Å². The van der Waals surface area contributed by atoms with E-state index in [1.807, 2.05) is 19.1 Å². The van der Waals surface area contributed by atoms with E-state index < -0.39 is 5.92 Å². The minimum atomic E-state index is -0.429. The number of amides is 2. The molecule has 9 heteroatoms. The van der Waals surface area contributed by atoms with Gasteiger partial charge in [0.05, 0.1) is 13.0 Å². The predicted molar refractivity (Wildman–Crippen MR) is 94.9 cm³/mol. The molecule has 0 aliphatic carbocycles. The van der Waals surface area contributed by atoms with Crippen LogP contribution < -0.4 is 15.0 Å². The lowest BCUT2D eigenvalue weighted by molar-refractivity contribution is -0.122. The van der Waals surface area contributed by atoms with Gasteiger partial charge < -0.3 is 9.64 Å². The number of carbonyl (C=O) groups excluding carboxylic acids is 2. The molecule has 8 nitrogen and oxygen atoms in total. The van der Waals surface area contributed by atoms with E-state index in [1.165, 1.54) is 11.8 Å². The third-order valence-electron chi connectivity index (χ3n) is 3.86. The van der Waals surface area contributed by atoms with E-state index in [1.54, 1.807) is 24.1 Å². The average Bonchev–Trinajstić information content (AvgIpc) is 3.22. The van der Waals surface area contributed by atoms with Crippen LogP contribution in [0.25, 0.3) is 0 Å². The molecular formula is C16H19N5O3S. The van der Waals surface area contributed by atoms with Crippen LogP contribution in [0.2, 0.25) is 0 Å². The first kappa shape index (κ1) is 17.3. The number of anilines is 2. The molecule has 1 unspecified atom stereocenters. The normalized spacial score (nSPS) is 17.0. The molecule has 1 aliphatic rings. The van der Waals surface area contributed by atoms with Gasteiger partial charge in [-0.2, -0.15) is 4.98 Å². The molecule has 0 spiro atoms. The van der Waals surface area contributed by atoms with Crippen molar-refractivity contribution >= 4 is 35.2 Å². The third kappa shape index (κ3) is 3.93. The minimum Gasteiger partial charge on any atom is -0.497 e. The van der Waals surface area contributed by atoms with Gasteiger partial charge in [0.2, 0.25) is 22.9 Å². The highest BCUT2D eigenvalue weighted by Crippen LogP contribution is 2.27. The summed E-state index contributed by atoms with van der Waals surface area (Å²) in [5, 5.41) is 9.96. The van der Waals surface area contributed by atoms with Gasteiger partial charge in [0, 0.05) is 18.7 Å². The van der Waals surface area contributed by atoms with Crippen LogP contribution >= 0.6 is 11.8 Å². The third-order valence-corrected chi connectivity index (χ3v) is 4.59. The van der Waals surface area contributed by atoms with E-state index in [2.05, 4.69) is 20.5 Å². The number of carbonyl (C=O) groups is 2. The van der Waals surface area contributed by atoms with Crippen molar-refractivity contribution in [2.24, 2.45) is 5.92 Å². The van der Waals surface area contributed by atoms with Crippen molar-refractivity contribution in [3.8, 4) is 5.75 Å². The van der Waals surface area contributed by atoms with Crippen molar-refractivity contribution in [1.82, 2.24) is 15.2 Å². The summed E-state index contributed by atoms with van der Waals surface area (Å²) < 4.78 is 5.12. The van der Waals surface area contributed by atoms with Crippen LogP contribution in [-0.4, -0.2) is 46.4 Å². The van der Waals surface area contributed by atoms with Crippen LogP contribution in [0.4, 0.5) is 11.6 Å². The van der Waals surface area contributed by atoms with Crippen LogP contribution in [0.1, 0.15) is 13.3 Å². The molecule has 2 N–H and O–H groups in total. The van der Waals surface area contributed by atoms with Gasteiger partial charge in [0.25, 0.3) is 0 Å². The smallest absolute Gasteiger partial charge is 0.232 e. The number of nitrogens with zero attached hydrogens (tertiary/aromatic N) is 3. The Morgan fingerprint density at radius 2 is 2.20 bits per heavy atom. The van der Waals surface area contributed by atoms with Crippen LogP contribution in [0, 0.1) is 5.92 Å². The molecule has 3 rings (SSSR count). The molecule has 25 heavy (non-hydrogen) atoms. The molecule has 0 saturated carbocycles. The molecular weight excluding hydrogens is 342 g/mol. The summed E-state index contributed by atoms with van der Waals surface area (Å²) in [7, 11) is 1.59. The van der Waals surface area contributed by atoms with Crippen LogP contribution in [0.3, 0.4) is 0 Å². The standard InChI is InChI=1S/C16H19N5O3S/c1-3-25-16-18-15(19-20-16)17-14(23)10-8-13(22)21(9-10)11-4-6-12(24-2)7-5-11/h4-7,10H,3,8-9H2,1-2H3,(H2,17,18,19,20,23). The molecule has 1 fully saturated rings.